The van der Waals surface area contributed by atoms with Crippen LogP contribution in [-0.2, 0) is 9.53 Å². The maximum atomic E-state index is 12.2. The number of likely N-dealkylation sites (tertiary alicyclic amines) is 1. The summed E-state index contributed by atoms with van der Waals surface area (Å²) in [5.74, 6) is -1.24. The zero-order valence-corrected chi connectivity index (χ0v) is 11.0. The quantitative estimate of drug-likeness (QED) is 0.681. The summed E-state index contributed by atoms with van der Waals surface area (Å²) in [4.78, 5) is 51.9. The third kappa shape index (κ3) is 2.79. The fourth-order valence-corrected chi connectivity index (χ4v) is 2.26. The molecule has 1 saturated heterocycles. The van der Waals surface area contributed by atoms with Gasteiger partial charge in [-0.05, 0) is 12.8 Å². The van der Waals surface area contributed by atoms with Gasteiger partial charge in [0.25, 0.3) is 11.5 Å². The van der Waals surface area contributed by atoms with E-state index in [1.807, 2.05) is 4.98 Å². The number of methoxy groups -OCH3 is 1. The van der Waals surface area contributed by atoms with Gasteiger partial charge in [-0.2, -0.15) is 0 Å². The van der Waals surface area contributed by atoms with Crippen molar-refractivity contribution in [1.29, 1.82) is 0 Å². The topological polar surface area (TPSA) is 112 Å². The highest BCUT2D eigenvalue weighted by molar-refractivity contribution is 5.93. The average Bonchev–Trinajstić information content (AvgIpc) is 2.46. The Balaban J connectivity index is 2.18. The van der Waals surface area contributed by atoms with E-state index in [1.54, 1.807) is 0 Å². The molecule has 108 valence electrons. The first kappa shape index (κ1) is 14.0. The molecule has 1 atom stereocenters. The van der Waals surface area contributed by atoms with Crippen LogP contribution in [0.5, 0.6) is 0 Å². The van der Waals surface area contributed by atoms with Gasteiger partial charge < -0.3 is 14.6 Å². The molecule has 0 aliphatic carbocycles. The van der Waals surface area contributed by atoms with Crippen molar-refractivity contribution >= 4 is 11.9 Å². The van der Waals surface area contributed by atoms with Crippen LogP contribution in [0, 0.1) is 5.92 Å². The van der Waals surface area contributed by atoms with E-state index < -0.39 is 17.2 Å². The van der Waals surface area contributed by atoms with Gasteiger partial charge in [-0.3, -0.25) is 19.4 Å². The summed E-state index contributed by atoms with van der Waals surface area (Å²) in [5.41, 5.74) is -1.55. The normalized spacial score (nSPS) is 18.6. The van der Waals surface area contributed by atoms with Crippen molar-refractivity contribution in [1.82, 2.24) is 14.9 Å². The summed E-state index contributed by atoms with van der Waals surface area (Å²) in [5, 5.41) is 0. The molecule has 1 amide bonds. The molecule has 8 heteroatoms. The van der Waals surface area contributed by atoms with Crippen LogP contribution in [-0.4, -0.2) is 46.9 Å². The van der Waals surface area contributed by atoms with Crippen LogP contribution in [0.3, 0.4) is 0 Å². The lowest BCUT2D eigenvalue weighted by atomic mass is 9.98. The minimum Gasteiger partial charge on any atom is -0.469 e. The molecule has 1 fully saturated rings. The second-order valence-corrected chi connectivity index (χ2v) is 4.60. The SMILES string of the molecule is COC(=O)C1CCCN(C(=O)c2c[nH]c(=O)[nH]c2=O)C1. The Bertz CT molecular complexity index is 632. The fourth-order valence-electron chi connectivity index (χ4n) is 2.26. The number of aromatic amines is 2. The number of nitrogens with zero attached hydrogens (tertiary/aromatic N) is 1. The summed E-state index contributed by atoms with van der Waals surface area (Å²) in [6.07, 6.45) is 2.40. The van der Waals surface area contributed by atoms with Gasteiger partial charge in [0.15, 0.2) is 0 Å². The number of aromatic nitrogens is 2. The minimum absolute atomic E-state index is 0.143. The van der Waals surface area contributed by atoms with Gasteiger partial charge in [-0.1, -0.05) is 0 Å². The molecule has 1 aliphatic heterocycles. The number of H-pyrrole nitrogens is 2. The Labute approximate surface area is 113 Å². The van der Waals surface area contributed by atoms with E-state index in [-0.39, 0.29) is 24.0 Å². The largest absolute Gasteiger partial charge is 0.469 e. The zero-order chi connectivity index (χ0) is 14.7. The summed E-state index contributed by atoms with van der Waals surface area (Å²) in [6, 6.07) is 0. The molecule has 1 aromatic heterocycles. The van der Waals surface area contributed by atoms with E-state index in [2.05, 4.69) is 9.72 Å². The number of hydrogen-bond acceptors (Lipinski definition) is 5. The van der Waals surface area contributed by atoms with Gasteiger partial charge in [-0.15, -0.1) is 0 Å². The third-order valence-electron chi connectivity index (χ3n) is 3.29. The lowest BCUT2D eigenvalue weighted by molar-refractivity contribution is -0.146. The maximum absolute atomic E-state index is 12.2. The molecule has 1 unspecified atom stereocenters. The first-order chi connectivity index (χ1) is 9.52. The van der Waals surface area contributed by atoms with E-state index in [0.717, 1.165) is 6.20 Å². The van der Waals surface area contributed by atoms with Crippen LogP contribution in [0.25, 0.3) is 0 Å². The molecule has 8 nitrogen and oxygen atoms in total. The van der Waals surface area contributed by atoms with Crippen molar-refractivity contribution in [2.24, 2.45) is 5.92 Å². The van der Waals surface area contributed by atoms with Crippen LogP contribution >= 0.6 is 0 Å². The molecule has 0 radical (unpaired) electrons. The number of rotatable bonds is 2. The predicted octanol–water partition coefficient (Wildman–Crippen LogP) is -0.912. The Morgan fingerprint density at radius 3 is 2.80 bits per heavy atom. The molecule has 2 rings (SSSR count). The molecular formula is C12H15N3O5. The Morgan fingerprint density at radius 1 is 1.40 bits per heavy atom. The number of hydrogen-bond donors (Lipinski definition) is 2. The van der Waals surface area contributed by atoms with Crippen molar-refractivity contribution in [3.63, 3.8) is 0 Å². The zero-order valence-electron chi connectivity index (χ0n) is 11.0. The molecule has 1 aliphatic rings. The monoisotopic (exact) mass is 281 g/mol. The standard InChI is InChI=1S/C12H15N3O5/c1-20-11(18)7-3-2-4-15(6-7)10(17)8-5-13-12(19)14-9(8)16/h5,7H,2-4,6H2,1H3,(H2,13,14,16,19). The molecule has 2 heterocycles. The number of nitrogens with one attached hydrogen (secondary N) is 2. The van der Waals surface area contributed by atoms with Crippen LogP contribution < -0.4 is 11.2 Å². The van der Waals surface area contributed by atoms with E-state index >= 15 is 0 Å². The summed E-state index contributed by atoms with van der Waals surface area (Å²) in [7, 11) is 1.30. The number of carbonyl (C=O) groups is 2. The van der Waals surface area contributed by atoms with Gasteiger partial charge in [0.1, 0.15) is 5.56 Å². The van der Waals surface area contributed by atoms with Gasteiger partial charge in [0.2, 0.25) is 0 Å². The predicted molar refractivity (Wildman–Crippen MR) is 68.3 cm³/mol. The number of carbonyl (C=O) groups excluding carboxylic acids is 2. The highest BCUT2D eigenvalue weighted by Crippen LogP contribution is 2.18. The number of piperidine rings is 1. The highest BCUT2D eigenvalue weighted by Gasteiger charge is 2.30. The van der Waals surface area contributed by atoms with E-state index in [9.17, 15) is 19.2 Å². The summed E-state index contributed by atoms with van der Waals surface area (Å²) >= 11 is 0. The maximum Gasteiger partial charge on any atom is 0.325 e. The third-order valence-corrected chi connectivity index (χ3v) is 3.29. The van der Waals surface area contributed by atoms with Gasteiger partial charge in [-0.25, -0.2) is 4.79 Å². The number of ether oxygens (including phenoxy) is 1. The smallest absolute Gasteiger partial charge is 0.325 e. The Hall–Kier alpha value is -2.38. The number of esters is 1. The molecule has 0 saturated carbocycles. The summed E-state index contributed by atoms with van der Waals surface area (Å²) < 4.78 is 4.67. The second kappa shape index (κ2) is 5.72. The highest BCUT2D eigenvalue weighted by atomic mass is 16.5. The second-order valence-electron chi connectivity index (χ2n) is 4.60. The molecule has 1 aromatic rings. The van der Waals surface area contributed by atoms with Crippen molar-refractivity contribution in [2.45, 2.75) is 12.8 Å². The molecular weight excluding hydrogens is 266 g/mol. The molecule has 2 N–H and O–H groups in total. The molecule has 20 heavy (non-hydrogen) atoms. The summed E-state index contributed by atoms with van der Waals surface area (Å²) in [6.45, 7) is 0.676. The van der Waals surface area contributed by atoms with Crippen molar-refractivity contribution in [3.05, 3.63) is 32.6 Å². The first-order valence-corrected chi connectivity index (χ1v) is 6.22. The van der Waals surface area contributed by atoms with E-state index in [1.165, 1.54) is 12.0 Å². The van der Waals surface area contributed by atoms with E-state index in [4.69, 9.17) is 0 Å². The first-order valence-electron chi connectivity index (χ1n) is 6.22. The Morgan fingerprint density at radius 2 is 2.15 bits per heavy atom. The van der Waals surface area contributed by atoms with Crippen LogP contribution in [0.15, 0.2) is 15.8 Å². The van der Waals surface area contributed by atoms with Crippen molar-refractivity contribution in [2.75, 3.05) is 20.2 Å². The van der Waals surface area contributed by atoms with Gasteiger partial charge in [0, 0.05) is 19.3 Å². The van der Waals surface area contributed by atoms with Crippen LogP contribution in [0.2, 0.25) is 0 Å². The lowest BCUT2D eigenvalue weighted by Gasteiger charge is -2.31. The van der Waals surface area contributed by atoms with Crippen molar-refractivity contribution < 1.29 is 14.3 Å². The van der Waals surface area contributed by atoms with Crippen LogP contribution in [0.4, 0.5) is 0 Å². The lowest BCUT2D eigenvalue weighted by Crippen LogP contribution is -2.44. The van der Waals surface area contributed by atoms with Crippen molar-refractivity contribution in [3.8, 4) is 0 Å². The average molecular weight is 281 g/mol. The Kier molecular flexibility index (Phi) is 4.02. The molecule has 0 aromatic carbocycles. The van der Waals surface area contributed by atoms with Gasteiger partial charge in [0.05, 0.1) is 13.0 Å². The van der Waals surface area contributed by atoms with Gasteiger partial charge >= 0.3 is 11.7 Å². The number of amides is 1. The van der Waals surface area contributed by atoms with E-state index in [0.29, 0.717) is 19.4 Å². The van der Waals surface area contributed by atoms with Crippen LogP contribution in [0.1, 0.15) is 23.2 Å². The molecule has 0 bridgehead atoms. The fraction of sp³-hybridized carbons (Fsp3) is 0.500. The molecule has 0 spiro atoms. The minimum atomic E-state index is -0.737.